The summed E-state index contributed by atoms with van der Waals surface area (Å²) in [6, 6.07) is 16.4. The molecule has 4 atom stereocenters. The van der Waals surface area contributed by atoms with Crippen molar-refractivity contribution in [1.29, 1.82) is 0 Å². The van der Waals surface area contributed by atoms with Crippen molar-refractivity contribution in [3.05, 3.63) is 71.3 Å². The molecule has 0 aliphatic heterocycles. The van der Waals surface area contributed by atoms with Crippen LogP contribution in [-0.2, 0) is 0 Å². The lowest BCUT2D eigenvalue weighted by molar-refractivity contribution is 0.0294. The molecule has 0 radical (unpaired) electrons. The molecule has 0 heterocycles. The third-order valence-electron chi connectivity index (χ3n) is 4.53. The van der Waals surface area contributed by atoms with Gasteiger partial charge in [0.05, 0.1) is 12.1 Å². The summed E-state index contributed by atoms with van der Waals surface area (Å²) < 4.78 is 0. The molecule has 0 spiro atoms. The second-order valence-electron chi connectivity index (χ2n) is 6.18. The fraction of sp³-hybridized carbons (Fsp3) is 0.316. The highest BCUT2D eigenvalue weighted by Gasteiger charge is 2.43. The van der Waals surface area contributed by atoms with Crippen molar-refractivity contribution in [3.8, 4) is 0 Å². The van der Waals surface area contributed by atoms with Gasteiger partial charge in [-0.1, -0.05) is 48.0 Å². The molecule has 23 heavy (non-hydrogen) atoms. The molecular weight excluding hydrogens is 290 g/mol. The molecule has 0 unspecified atom stereocenters. The van der Waals surface area contributed by atoms with Crippen molar-refractivity contribution in [2.24, 2.45) is 0 Å². The molecule has 0 bridgehead atoms. The van der Waals surface area contributed by atoms with Gasteiger partial charge in [0.15, 0.2) is 0 Å². The maximum Gasteiger partial charge on any atom is 0.251 e. The van der Waals surface area contributed by atoms with E-state index in [1.54, 1.807) is 24.3 Å². The van der Waals surface area contributed by atoms with Crippen molar-refractivity contribution in [1.82, 2.24) is 5.32 Å². The molecule has 1 aliphatic rings. The first-order chi connectivity index (χ1) is 11.1. The second-order valence-corrected chi connectivity index (χ2v) is 6.18. The van der Waals surface area contributed by atoms with Crippen LogP contribution in [-0.4, -0.2) is 34.4 Å². The van der Waals surface area contributed by atoms with E-state index in [0.29, 0.717) is 12.0 Å². The van der Waals surface area contributed by atoms with E-state index in [1.807, 2.05) is 37.3 Å². The van der Waals surface area contributed by atoms with Gasteiger partial charge in [0, 0.05) is 11.5 Å². The van der Waals surface area contributed by atoms with Gasteiger partial charge >= 0.3 is 0 Å². The lowest BCUT2D eigenvalue weighted by atomic mass is 9.92. The zero-order chi connectivity index (χ0) is 16.4. The monoisotopic (exact) mass is 311 g/mol. The number of amides is 1. The van der Waals surface area contributed by atoms with Crippen LogP contribution in [0.1, 0.15) is 33.8 Å². The van der Waals surface area contributed by atoms with E-state index in [0.717, 1.165) is 11.1 Å². The zero-order valence-electron chi connectivity index (χ0n) is 13.0. The Labute approximate surface area is 135 Å². The summed E-state index contributed by atoms with van der Waals surface area (Å²) in [7, 11) is 0. The van der Waals surface area contributed by atoms with Gasteiger partial charge in [0.25, 0.3) is 5.91 Å². The van der Waals surface area contributed by atoms with E-state index in [4.69, 9.17) is 0 Å². The van der Waals surface area contributed by atoms with Gasteiger partial charge in [-0.05, 0) is 31.0 Å². The van der Waals surface area contributed by atoms with Crippen LogP contribution >= 0.6 is 0 Å². The van der Waals surface area contributed by atoms with E-state index in [9.17, 15) is 15.0 Å². The minimum Gasteiger partial charge on any atom is -0.390 e. The van der Waals surface area contributed by atoms with Crippen molar-refractivity contribution in [3.63, 3.8) is 0 Å². The first-order valence-corrected chi connectivity index (χ1v) is 7.85. The van der Waals surface area contributed by atoms with Crippen LogP contribution < -0.4 is 5.32 Å². The topological polar surface area (TPSA) is 69.6 Å². The molecular formula is C19H21NO3. The Morgan fingerprint density at radius 1 is 1.04 bits per heavy atom. The SMILES string of the molecule is Cc1ccc([C@H]2C[C@@H](O)[C@@H](O)[C@@H]2NC(=O)c2ccccc2)cc1. The Morgan fingerprint density at radius 3 is 2.35 bits per heavy atom. The molecule has 3 N–H and O–H groups in total. The standard InChI is InChI=1S/C19H21NO3/c1-12-7-9-13(10-8-12)15-11-16(21)18(22)17(15)20-19(23)14-5-3-2-4-6-14/h2-10,15-18,21-22H,11H2,1H3,(H,20,23)/t15-,16-,17-,18-/m1/s1. The van der Waals surface area contributed by atoms with E-state index >= 15 is 0 Å². The van der Waals surface area contributed by atoms with Gasteiger partial charge in [0.1, 0.15) is 6.10 Å². The van der Waals surface area contributed by atoms with E-state index in [1.165, 1.54) is 0 Å². The number of aliphatic hydroxyl groups excluding tert-OH is 2. The summed E-state index contributed by atoms with van der Waals surface area (Å²) in [4.78, 5) is 12.4. The molecule has 2 aromatic rings. The maximum atomic E-state index is 12.4. The number of hydrogen-bond acceptors (Lipinski definition) is 3. The number of benzene rings is 2. The minimum atomic E-state index is -0.964. The van der Waals surface area contributed by atoms with E-state index in [-0.39, 0.29) is 11.8 Å². The lowest BCUT2D eigenvalue weighted by Gasteiger charge is -2.24. The lowest BCUT2D eigenvalue weighted by Crippen LogP contribution is -2.45. The summed E-state index contributed by atoms with van der Waals surface area (Å²) in [5.41, 5.74) is 2.71. The molecule has 1 saturated carbocycles. The normalized spacial score (nSPS) is 26.9. The summed E-state index contributed by atoms with van der Waals surface area (Å²) in [5, 5.41) is 23.2. The zero-order valence-corrected chi connectivity index (χ0v) is 13.0. The summed E-state index contributed by atoms with van der Waals surface area (Å²) >= 11 is 0. The van der Waals surface area contributed by atoms with E-state index in [2.05, 4.69) is 5.32 Å². The molecule has 1 amide bonds. The van der Waals surface area contributed by atoms with Crippen LogP contribution in [0, 0.1) is 6.92 Å². The molecule has 4 nitrogen and oxygen atoms in total. The Morgan fingerprint density at radius 2 is 1.70 bits per heavy atom. The van der Waals surface area contributed by atoms with Crippen LogP contribution in [0.15, 0.2) is 54.6 Å². The number of rotatable bonds is 3. The Kier molecular flexibility index (Phi) is 4.46. The average Bonchev–Trinajstić information content (AvgIpc) is 2.85. The highest BCUT2D eigenvalue weighted by Crippen LogP contribution is 2.35. The second kappa shape index (κ2) is 6.52. The average molecular weight is 311 g/mol. The molecule has 1 fully saturated rings. The third-order valence-corrected chi connectivity index (χ3v) is 4.53. The number of aryl methyl sites for hydroxylation is 1. The highest BCUT2D eigenvalue weighted by molar-refractivity contribution is 5.94. The van der Waals surface area contributed by atoms with Gasteiger partial charge in [0.2, 0.25) is 0 Å². The van der Waals surface area contributed by atoms with Crippen LogP contribution in [0.4, 0.5) is 0 Å². The number of nitrogens with one attached hydrogen (secondary N) is 1. The summed E-state index contributed by atoms with van der Waals surface area (Å²) in [5.74, 6) is -0.339. The van der Waals surface area contributed by atoms with Crippen molar-refractivity contribution in [2.45, 2.75) is 37.5 Å². The molecule has 0 saturated heterocycles. The van der Waals surface area contributed by atoms with Crippen LogP contribution in [0.2, 0.25) is 0 Å². The predicted molar refractivity (Wildman–Crippen MR) is 88.2 cm³/mol. The smallest absolute Gasteiger partial charge is 0.251 e. The van der Waals surface area contributed by atoms with Crippen LogP contribution in [0.3, 0.4) is 0 Å². The molecule has 4 heteroatoms. The molecule has 120 valence electrons. The number of carbonyl (C=O) groups excluding carboxylic acids is 1. The predicted octanol–water partition coefficient (Wildman–Crippen LogP) is 2.00. The molecule has 3 rings (SSSR count). The largest absolute Gasteiger partial charge is 0.390 e. The number of carbonyl (C=O) groups is 1. The summed E-state index contributed by atoms with van der Waals surface area (Å²) in [6.45, 7) is 2.01. The Bertz CT molecular complexity index is 669. The molecule has 0 aromatic heterocycles. The van der Waals surface area contributed by atoms with Gasteiger partial charge in [-0.25, -0.2) is 0 Å². The molecule has 1 aliphatic carbocycles. The third kappa shape index (κ3) is 3.28. The summed E-state index contributed by atoms with van der Waals surface area (Å²) in [6.07, 6.45) is -1.36. The fourth-order valence-electron chi connectivity index (χ4n) is 3.19. The fourth-order valence-corrected chi connectivity index (χ4v) is 3.19. The van der Waals surface area contributed by atoms with Gasteiger partial charge in [-0.3, -0.25) is 4.79 Å². The van der Waals surface area contributed by atoms with Gasteiger partial charge in [-0.15, -0.1) is 0 Å². The first kappa shape index (κ1) is 15.7. The number of hydrogen-bond donors (Lipinski definition) is 3. The van der Waals surface area contributed by atoms with Gasteiger partial charge < -0.3 is 15.5 Å². The van der Waals surface area contributed by atoms with Crippen molar-refractivity contribution < 1.29 is 15.0 Å². The maximum absolute atomic E-state index is 12.4. The Balaban J connectivity index is 1.82. The van der Waals surface area contributed by atoms with Gasteiger partial charge in [-0.2, -0.15) is 0 Å². The van der Waals surface area contributed by atoms with E-state index < -0.39 is 18.2 Å². The quantitative estimate of drug-likeness (QED) is 0.812. The van der Waals surface area contributed by atoms with Crippen molar-refractivity contribution in [2.75, 3.05) is 0 Å². The molecule has 2 aromatic carbocycles. The first-order valence-electron chi connectivity index (χ1n) is 7.85. The van der Waals surface area contributed by atoms with Crippen LogP contribution in [0.25, 0.3) is 0 Å². The van der Waals surface area contributed by atoms with Crippen molar-refractivity contribution >= 4 is 5.91 Å². The minimum absolute atomic E-state index is 0.103. The number of aliphatic hydroxyl groups is 2. The highest BCUT2D eigenvalue weighted by atomic mass is 16.3. The van der Waals surface area contributed by atoms with Crippen LogP contribution in [0.5, 0.6) is 0 Å². The Hall–Kier alpha value is -2.17.